The van der Waals surface area contributed by atoms with E-state index in [0.717, 1.165) is 0 Å². The number of benzene rings is 1. The summed E-state index contributed by atoms with van der Waals surface area (Å²) in [5, 5.41) is 10.8. The summed E-state index contributed by atoms with van der Waals surface area (Å²) in [4.78, 5) is 23.3. The number of para-hydroxylation sites is 1. The first-order valence-electron chi connectivity index (χ1n) is 5.16. The van der Waals surface area contributed by atoms with Crippen molar-refractivity contribution in [3.63, 3.8) is 0 Å². The Morgan fingerprint density at radius 3 is 2.65 bits per heavy atom. The highest BCUT2D eigenvalue weighted by atomic mass is 16.6. The molecule has 1 atom stereocenters. The fourth-order valence-corrected chi connectivity index (χ4v) is 1.50. The van der Waals surface area contributed by atoms with Gasteiger partial charge in [0.15, 0.2) is 0 Å². The number of nitro benzene ring substituents is 1. The smallest absolute Gasteiger partial charge is 0.274 e. The Balaban J connectivity index is 2.88. The molecule has 0 aliphatic heterocycles. The number of carbonyl (C=O) groups is 1. The maximum absolute atomic E-state index is 11.6. The molecule has 1 aromatic carbocycles. The number of rotatable bonds is 4. The maximum Gasteiger partial charge on any atom is 0.274 e. The molecule has 2 N–H and O–H groups in total. The van der Waals surface area contributed by atoms with Gasteiger partial charge in [-0.05, 0) is 6.92 Å². The minimum atomic E-state index is -0.609. The zero-order chi connectivity index (χ0) is 13.0. The average molecular weight is 237 g/mol. The van der Waals surface area contributed by atoms with Gasteiger partial charge in [-0.15, -0.1) is 0 Å². The van der Waals surface area contributed by atoms with Gasteiger partial charge in [-0.3, -0.25) is 14.9 Å². The lowest BCUT2D eigenvalue weighted by atomic mass is 10.1. The van der Waals surface area contributed by atoms with Crippen LogP contribution in [-0.4, -0.2) is 28.8 Å². The summed E-state index contributed by atoms with van der Waals surface area (Å²) in [5.41, 5.74) is 5.97. The second kappa shape index (κ2) is 5.40. The van der Waals surface area contributed by atoms with E-state index in [1.807, 2.05) is 0 Å². The second-order valence-electron chi connectivity index (χ2n) is 3.87. The summed E-state index contributed by atoms with van der Waals surface area (Å²) in [5.74, 6) is -0.247. The molecular weight excluding hydrogens is 222 g/mol. The molecule has 0 aliphatic rings. The number of likely N-dealkylation sites (N-methyl/N-ethyl adjacent to an activating group) is 1. The van der Waals surface area contributed by atoms with E-state index in [-0.39, 0.29) is 18.1 Å². The zero-order valence-corrected chi connectivity index (χ0v) is 9.79. The molecule has 6 nitrogen and oxygen atoms in total. The molecule has 0 spiro atoms. The van der Waals surface area contributed by atoms with Crippen LogP contribution in [0.3, 0.4) is 0 Å². The standard InChI is InChI=1S/C11H15N3O3/c1-8(12)11(15)13(2)7-9-5-3-4-6-10(9)14(16)17/h3-6,8H,7,12H2,1-2H3. The van der Waals surface area contributed by atoms with Crippen molar-refractivity contribution < 1.29 is 9.72 Å². The van der Waals surface area contributed by atoms with E-state index in [0.29, 0.717) is 5.56 Å². The summed E-state index contributed by atoms with van der Waals surface area (Å²) in [6.45, 7) is 1.76. The number of amides is 1. The number of nitrogens with zero attached hydrogens (tertiary/aromatic N) is 2. The highest BCUT2D eigenvalue weighted by Crippen LogP contribution is 2.19. The van der Waals surface area contributed by atoms with Crippen molar-refractivity contribution in [3.8, 4) is 0 Å². The molecule has 0 saturated carbocycles. The molecule has 0 saturated heterocycles. The Kier molecular flexibility index (Phi) is 4.17. The first kappa shape index (κ1) is 13.1. The normalized spacial score (nSPS) is 11.9. The van der Waals surface area contributed by atoms with Gasteiger partial charge < -0.3 is 10.6 Å². The summed E-state index contributed by atoms with van der Waals surface area (Å²) in [7, 11) is 1.57. The number of hydrogen-bond acceptors (Lipinski definition) is 4. The second-order valence-corrected chi connectivity index (χ2v) is 3.87. The molecule has 1 rings (SSSR count). The van der Waals surface area contributed by atoms with E-state index in [9.17, 15) is 14.9 Å². The topological polar surface area (TPSA) is 89.5 Å². The number of nitro groups is 1. The van der Waals surface area contributed by atoms with Crippen LogP contribution in [0.2, 0.25) is 0 Å². The van der Waals surface area contributed by atoms with Gasteiger partial charge in [0.05, 0.1) is 17.5 Å². The minimum absolute atomic E-state index is 0.0109. The van der Waals surface area contributed by atoms with Crippen molar-refractivity contribution in [1.29, 1.82) is 0 Å². The highest BCUT2D eigenvalue weighted by molar-refractivity contribution is 5.81. The molecule has 0 aliphatic carbocycles. The van der Waals surface area contributed by atoms with Gasteiger partial charge in [0, 0.05) is 18.7 Å². The van der Waals surface area contributed by atoms with Gasteiger partial charge in [-0.1, -0.05) is 18.2 Å². The first-order chi connectivity index (χ1) is 7.93. The Hall–Kier alpha value is -1.95. The van der Waals surface area contributed by atoms with Crippen molar-refractivity contribution >= 4 is 11.6 Å². The van der Waals surface area contributed by atoms with Gasteiger partial charge in [-0.25, -0.2) is 0 Å². The van der Waals surface area contributed by atoms with Crippen molar-refractivity contribution in [2.24, 2.45) is 5.73 Å². The largest absolute Gasteiger partial charge is 0.340 e. The molecule has 1 unspecified atom stereocenters. The fourth-order valence-electron chi connectivity index (χ4n) is 1.50. The van der Waals surface area contributed by atoms with E-state index in [1.165, 1.54) is 11.0 Å². The molecule has 6 heteroatoms. The van der Waals surface area contributed by atoms with E-state index >= 15 is 0 Å². The van der Waals surface area contributed by atoms with Gasteiger partial charge in [0.1, 0.15) is 0 Å². The van der Waals surface area contributed by atoms with E-state index in [1.54, 1.807) is 32.2 Å². The van der Waals surface area contributed by atoms with Gasteiger partial charge in [-0.2, -0.15) is 0 Å². The molecule has 1 amide bonds. The Morgan fingerprint density at radius 2 is 2.12 bits per heavy atom. The molecule has 0 radical (unpaired) electrons. The molecule has 0 heterocycles. The lowest BCUT2D eigenvalue weighted by molar-refractivity contribution is -0.385. The molecule has 17 heavy (non-hydrogen) atoms. The van der Waals surface area contributed by atoms with Crippen LogP contribution in [0.15, 0.2) is 24.3 Å². The summed E-state index contributed by atoms with van der Waals surface area (Å²) in [6, 6.07) is 5.73. The number of nitrogens with two attached hydrogens (primary N) is 1. The number of carbonyl (C=O) groups excluding carboxylic acids is 1. The van der Waals surface area contributed by atoms with Crippen LogP contribution in [0.5, 0.6) is 0 Å². The van der Waals surface area contributed by atoms with Gasteiger partial charge in [0.25, 0.3) is 5.69 Å². The molecule has 0 bridgehead atoms. The van der Waals surface area contributed by atoms with Crippen LogP contribution in [0, 0.1) is 10.1 Å². The molecular formula is C11H15N3O3. The monoisotopic (exact) mass is 237 g/mol. The maximum atomic E-state index is 11.6. The first-order valence-corrected chi connectivity index (χ1v) is 5.16. The Morgan fingerprint density at radius 1 is 1.53 bits per heavy atom. The number of hydrogen-bond donors (Lipinski definition) is 1. The van der Waals surface area contributed by atoms with Crippen molar-refractivity contribution in [3.05, 3.63) is 39.9 Å². The average Bonchev–Trinajstić information content (AvgIpc) is 2.28. The minimum Gasteiger partial charge on any atom is -0.340 e. The van der Waals surface area contributed by atoms with E-state index in [4.69, 9.17) is 5.73 Å². The fraction of sp³-hybridized carbons (Fsp3) is 0.364. The predicted octanol–water partition coefficient (Wildman–Crippen LogP) is 0.900. The van der Waals surface area contributed by atoms with Gasteiger partial charge >= 0.3 is 0 Å². The third kappa shape index (κ3) is 3.25. The molecule has 92 valence electrons. The summed E-state index contributed by atoms with van der Waals surface area (Å²) >= 11 is 0. The van der Waals surface area contributed by atoms with Crippen LogP contribution in [0.1, 0.15) is 12.5 Å². The lowest BCUT2D eigenvalue weighted by Crippen LogP contribution is -2.39. The van der Waals surface area contributed by atoms with Crippen LogP contribution in [-0.2, 0) is 11.3 Å². The van der Waals surface area contributed by atoms with E-state index in [2.05, 4.69) is 0 Å². The highest BCUT2D eigenvalue weighted by Gasteiger charge is 2.18. The molecule has 1 aromatic rings. The zero-order valence-electron chi connectivity index (χ0n) is 9.79. The van der Waals surface area contributed by atoms with E-state index < -0.39 is 11.0 Å². The van der Waals surface area contributed by atoms with Crippen LogP contribution in [0.25, 0.3) is 0 Å². The molecule has 0 fully saturated rings. The van der Waals surface area contributed by atoms with Crippen LogP contribution in [0.4, 0.5) is 5.69 Å². The Bertz CT molecular complexity index is 432. The van der Waals surface area contributed by atoms with Crippen molar-refractivity contribution in [1.82, 2.24) is 4.90 Å². The summed E-state index contributed by atoms with van der Waals surface area (Å²) in [6.07, 6.45) is 0. The van der Waals surface area contributed by atoms with Crippen molar-refractivity contribution in [2.75, 3.05) is 7.05 Å². The van der Waals surface area contributed by atoms with Crippen LogP contribution < -0.4 is 5.73 Å². The van der Waals surface area contributed by atoms with Crippen molar-refractivity contribution in [2.45, 2.75) is 19.5 Å². The predicted molar refractivity (Wildman–Crippen MR) is 63.2 cm³/mol. The third-order valence-electron chi connectivity index (χ3n) is 2.36. The van der Waals surface area contributed by atoms with Gasteiger partial charge in [0.2, 0.25) is 5.91 Å². The summed E-state index contributed by atoms with van der Waals surface area (Å²) < 4.78 is 0. The molecule has 0 aromatic heterocycles. The lowest BCUT2D eigenvalue weighted by Gasteiger charge is -2.19. The third-order valence-corrected chi connectivity index (χ3v) is 2.36. The SMILES string of the molecule is CC(N)C(=O)N(C)Cc1ccccc1[N+](=O)[O-]. The van der Waals surface area contributed by atoms with Crippen LogP contribution >= 0.6 is 0 Å². The Labute approximate surface area is 99.2 Å². The quantitative estimate of drug-likeness (QED) is 0.622.